The number of aromatic nitrogens is 1. The molecular formula is C11H20N2O2S. The van der Waals surface area contributed by atoms with Crippen LogP contribution in [0.25, 0.3) is 0 Å². The van der Waals surface area contributed by atoms with Crippen molar-refractivity contribution < 1.29 is 8.42 Å². The highest BCUT2D eigenvalue weighted by atomic mass is 32.2. The Labute approximate surface area is 97.6 Å². The zero-order valence-corrected chi connectivity index (χ0v) is 11.0. The van der Waals surface area contributed by atoms with Crippen LogP contribution in [0, 0.1) is 13.8 Å². The van der Waals surface area contributed by atoms with Crippen LogP contribution in [0.15, 0.2) is 12.1 Å². The molecule has 5 heteroatoms. The lowest BCUT2D eigenvalue weighted by Crippen LogP contribution is -2.21. The first-order valence-electron chi connectivity index (χ1n) is 5.55. The quantitative estimate of drug-likeness (QED) is 0.771. The molecule has 1 aromatic heterocycles. The minimum Gasteiger partial charge on any atom is -0.326 e. The van der Waals surface area contributed by atoms with E-state index in [4.69, 9.17) is 0 Å². The van der Waals surface area contributed by atoms with Crippen molar-refractivity contribution in [3.8, 4) is 0 Å². The van der Waals surface area contributed by atoms with Crippen molar-refractivity contribution in [3.63, 3.8) is 0 Å². The van der Waals surface area contributed by atoms with E-state index >= 15 is 0 Å². The molecule has 1 heterocycles. The van der Waals surface area contributed by atoms with Crippen LogP contribution in [0.4, 0.5) is 0 Å². The van der Waals surface area contributed by atoms with E-state index in [1.165, 1.54) is 0 Å². The normalized spacial score (nSPS) is 11.7. The molecule has 1 N–H and O–H groups in total. The Morgan fingerprint density at radius 1 is 1.25 bits per heavy atom. The molecule has 0 saturated heterocycles. The summed E-state index contributed by atoms with van der Waals surface area (Å²) in [5.41, 5.74) is 5.48. The summed E-state index contributed by atoms with van der Waals surface area (Å²) in [7, 11) is -2.83. The predicted octanol–water partition coefficient (Wildman–Crippen LogP) is 1.47. The largest absolute Gasteiger partial charge is 0.326 e. The average molecular weight is 244 g/mol. The van der Waals surface area contributed by atoms with Gasteiger partial charge >= 0.3 is 0 Å². The van der Waals surface area contributed by atoms with Crippen LogP contribution in [0.1, 0.15) is 24.7 Å². The molecule has 0 radical (unpaired) electrons. The summed E-state index contributed by atoms with van der Waals surface area (Å²) in [5.74, 6) is 0.491. The molecule has 0 unspecified atom stereocenters. The minimum absolute atomic E-state index is 0.231. The van der Waals surface area contributed by atoms with Gasteiger partial charge in [0.2, 0.25) is 0 Å². The van der Waals surface area contributed by atoms with Gasteiger partial charge in [-0.25, -0.2) is 8.42 Å². The molecule has 0 aliphatic heterocycles. The third kappa shape index (κ3) is 3.56. The highest BCUT2D eigenvalue weighted by Crippen LogP contribution is 2.04. The van der Waals surface area contributed by atoms with Crippen LogP contribution in [0.5, 0.6) is 0 Å². The fraction of sp³-hybridized carbons (Fsp3) is 0.636. The number of aryl methyl sites for hydroxylation is 2. The Balaban J connectivity index is 2.37. The Morgan fingerprint density at radius 2 is 1.81 bits per heavy atom. The SMILES string of the molecule is CCS(=O)(=O)CCCNn1c(C)ccc1C. The summed E-state index contributed by atoms with van der Waals surface area (Å²) in [6.07, 6.45) is 0.646. The standard InChI is InChI=1S/C11H20N2O2S/c1-4-16(14,15)9-5-8-12-13-10(2)6-7-11(13)3/h6-7,12H,4-5,8-9H2,1-3H3. The Kier molecular flexibility index (Phi) is 4.41. The summed E-state index contributed by atoms with van der Waals surface area (Å²) in [6.45, 7) is 6.39. The summed E-state index contributed by atoms with van der Waals surface area (Å²) in [5, 5.41) is 0. The van der Waals surface area contributed by atoms with E-state index in [-0.39, 0.29) is 11.5 Å². The van der Waals surface area contributed by atoms with Gasteiger partial charge in [0.05, 0.1) is 5.75 Å². The van der Waals surface area contributed by atoms with Gasteiger partial charge in [0.15, 0.2) is 0 Å². The fourth-order valence-corrected chi connectivity index (χ4v) is 2.42. The monoisotopic (exact) mass is 244 g/mol. The Bertz CT molecular complexity index is 415. The summed E-state index contributed by atoms with van der Waals surface area (Å²) >= 11 is 0. The molecule has 0 bridgehead atoms. The van der Waals surface area contributed by atoms with E-state index in [1.54, 1.807) is 6.92 Å². The summed E-state index contributed by atoms with van der Waals surface area (Å²) in [4.78, 5) is 0. The first-order valence-corrected chi connectivity index (χ1v) is 7.37. The molecule has 0 aliphatic rings. The zero-order chi connectivity index (χ0) is 12.2. The highest BCUT2D eigenvalue weighted by molar-refractivity contribution is 7.91. The second-order valence-corrected chi connectivity index (χ2v) is 6.42. The molecule has 1 aromatic rings. The third-order valence-electron chi connectivity index (χ3n) is 2.61. The number of nitrogens with zero attached hydrogens (tertiary/aromatic N) is 1. The molecule has 0 saturated carbocycles. The van der Waals surface area contributed by atoms with Gasteiger partial charge in [0.1, 0.15) is 9.84 Å². The molecule has 0 spiro atoms. The molecule has 4 nitrogen and oxygen atoms in total. The van der Waals surface area contributed by atoms with Gasteiger partial charge < -0.3 is 5.43 Å². The van der Waals surface area contributed by atoms with Crippen molar-refractivity contribution in [2.45, 2.75) is 27.2 Å². The molecule has 0 atom stereocenters. The first-order chi connectivity index (χ1) is 7.46. The molecule has 0 aromatic carbocycles. The number of sulfone groups is 1. The predicted molar refractivity (Wildman–Crippen MR) is 67.1 cm³/mol. The average Bonchev–Trinajstić information content (AvgIpc) is 2.55. The second-order valence-electron chi connectivity index (χ2n) is 3.95. The number of hydrogen-bond donors (Lipinski definition) is 1. The van der Waals surface area contributed by atoms with Gasteiger partial charge in [-0.05, 0) is 32.4 Å². The maximum absolute atomic E-state index is 11.3. The van der Waals surface area contributed by atoms with Crippen LogP contribution >= 0.6 is 0 Å². The van der Waals surface area contributed by atoms with Crippen LogP contribution in [-0.4, -0.2) is 31.1 Å². The van der Waals surface area contributed by atoms with Crippen molar-refractivity contribution in [3.05, 3.63) is 23.5 Å². The van der Waals surface area contributed by atoms with E-state index < -0.39 is 9.84 Å². The van der Waals surface area contributed by atoms with Crippen LogP contribution in [-0.2, 0) is 9.84 Å². The molecule has 0 aliphatic carbocycles. The van der Waals surface area contributed by atoms with Gasteiger partial charge in [-0.2, -0.15) is 0 Å². The number of hydrogen-bond acceptors (Lipinski definition) is 3. The van der Waals surface area contributed by atoms with Gasteiger partial charge in [0, 0.05) is 23.7 Å². The molecule has 0 fully saturated rings. The molecule has 1 rings (SSSR count). The van der Waals surface area contributed by atoms with Crippen molar-refractivity contribution in [1.29, 1.82) is 0 Å². The maximum Gasteiger partial charge on any atom is 0.150 e. The van der Waals surface area contributed by atoms with Crippen molar-refractivity contribution in [1.82, 2.24) is 4.68 Å². The maximum atomic E-state index is 11.3. The smallest absolute Gasteiger partial charge is 0.150 e. The van der Waals surface area contributed by atoms with Gasteiger partial charge in [-0.3, -0.25) is 4.68 Å². The lowest BCUT2D eigenvalue weighted by molar-refractivity contribution is 0.594. The number of rotatable bonds is 6. The molecule has 16 heavy (non-hydrogen) atoms. The lowest BCUT2D eigenvalue weighted by atomic mass is 10.5. The highest BCUT2D eigenvalue weighted by Gasteiger charge is 2.06. The summed E-state index contributed by atoms with van der Waals surface area (Å²) < 4.78 is 24.5. The fourth-order valence-electron chi connectivity index (χ4n) is 1.55. The van der Waals surface area contributed by atoms with Crippen molar-refractivity contribution in [2.24, 2.45) is 0 Å². The zero-order valence-electron chi connectivity index (χ0n) is 10.2. The van der Waals surface area contributed by atoms with Crippen LogP contribution in [0.2, 0.25) is 0 Å². The van der Waals surface area contributed by atoms with E-state index in [9.17, 15) is 8.42 Å². The van der Waals surface area contributed by atoms with E-state index in [2.05, 4.69) is 5.43 Å². The summed E-state index contributed by atoms with van der Waals surface area (Å²) in [6, 6.07) is 4.07. The lowest BCUT2D eigenvalue weighted by Gasteiger charge is -2.12. The Hall–Kier alpha value is -0.970. The number of nitrogens with one attached hydrogen (secondary N) is 1. The minimum atomic E-state index is -2.83. The van der Waals surface area contributed by atoms with Crippen molar-refractivity contribution >= 4 is 9.84 Å². The topological polar surface area (TPSA) is 51.1 Å². The van der Waals surface area contributed by atoms with Crippen LogP contribution in [0.3, 0.4) is 0 Å². The van der Waals surface area contributed by atoms with Crippen LogP contribution < -0.4 is 5.43 Å². The van der Waals surface area contributed by atoms with Gasteiger partial charge in [0.25, 0.3) is 0 Å². The van der Waals surface area contributed by atoms with Crippen molar-refractivity contribution in [2.75, 3.05) is 23.5 Å². The first kappa shape index (κ1) is 13.1. The Morgan fingerprint density at radius 3 is 2.31 bits per heavy atom. The van der Waals surface area contributed by atoms with Gasteiger partial charge in [-0.15, -0.1) is 0 Å². The van der Waals surface area contributed by atoms with E-state index in [1.807, 2.05) is 30.7 Å². The second kappa shape index (κ2) is 5.39. The van der Waals surface area contributed by atoms with E-state index in [0.29, 0.717) is 13.0 Å². The van der Waals surface area contributed by atoms with Gasteiger partial charge in [-0.1, -0.05) is 6.92 Å². The van der Waals surface area contributed by atoms with E-state index in [0.717, 1.165) is 11.4 Å². The molecular weight excluding hydrogens is 224 g/mol. The molecule has 0 amide bonds. The molecule has 92 valence electrons. The third-order valence-corrected chi connectivity index (χ3v) is 4.40.